The van der Waals surface area contributed by atoms with Crippen LogP contribution in [0.4, 0.5) is 11.4 Å². The van der Waals surface area contributed by atoms with Crippen LogP contribution in [-0.4, -0.2) is 51.1 Å². The minimum absolute atomic E-state index is 0.0923. The largest absolute Gasteiger partial charge is 0.493 e. The summed E-state index contributed by atoms with van der Waals surface area (Å²) in [5.74, 6) is 1.01. The minimum atomic E-state index is -2.98. The second-order valence-corrected chi connectivity index (χ2v) is 8.46. The molecule has 0 saturated carbocycles. The molecule has 1 aromatic heterocycles. The average Bonchev–Trinajstić information content (AvgIpc) is 3.00. The number of benzene rings is 1. The van der Waals surface area contributed by atoms with Gasteiger partial charge < -0.3 is 20.1 Å². The predicted molar refractivity (Wildman–Crippen MR) is 102 cm³/mol. The molecule has 2 N–H and O–H groups in total. The molecular formula is C18H21N3O5S. The van der Waals surface area contributed by atoms with Gasteiger partial charge >= 0.3 is 0 Å². The van der Waals surface area contributed by atoms with Crippen molar-refractivity contribution in [2.45, 2.75) is 12.5 Å². The van der Waals surface area contributed by atoms with Crippen molar-refractivity contribution in [2.75, 3.05) is 36.4 Å². The highest BCUT2D eigenvalue weighted by Crippen LogP contribution is 2.30. The van der Waals surface area contributed by atoms with Crippen molar-refractivity contribution in [1.82, 2.24) is 4.98 Å². The molecule has 1 saturated heterocycles. The second kappa shape index (κ2) is 7.83. The lowest BCUT2D eigenvalue weighted by Gasteiger charge is -2.13. The number of hydrogen-bond donors (Lipinski definition) is 2. The fraction of sp³-hybridized carbons (Fsp3) is 0.333. The average molecular weight is 391 g/mol. The molecule has 0 bridgehead atoms. The number of methoxy groups -OCH3 is 2. The lowest BCUT2D eigenvalue weighted by atomic mass is 10.2. The number of hydrogen-bond acceptors (Lipinski definition) is 7. The molecular weight excluding hydrogens is 370 g/mol. The first kappa shape index (κ1) is 19.0. The summed E-state index contributed by atoms with van der Waals surface area (Å²) in [5, 5.41) is 5.91. The number of anilines is 2. The molecule has 9 heteroatoms. The zero-order valence-corrected chi connectivity index (χ0v) is 15.9. The van der Waals surface area contributed by atoms with Gasteiger partial charge in [-0.2, -0.15) is 0 Å². The van der Waals surface area contributed by atoms with Crippen LogP contribution in [0.25, 0.3) is 0 Å². The molecule has 2 aromatic rings. The van der Waals surface area contributed by atoms with Gasteiger partial charge in [-0.15, -0.1) is 0 Å². The molecule has 8 nitrogen and oxygen atoms in total. The molecule has 0 spiro atoms. The molecule has 1 amide bonds. The predicted octanol–water partition coefficient (Wildman–Crippen LogP) is 1.95. The van der Waals surface area contributed by atoms with Crippen LogP contribution < -0.4 is 20.1 Å². The summed E-state index contributed by atoms with van der Waals surface area (Å²) in [6.07, 6.45) is 3.56. The van der Waals surface area contributed by atoms with Crippen molar-refractivity contribution in [3.05, 3.63) is 42.2 Å². The van der Waals surface area contributed by atoms with E-state index in [0.717, 1.165) is 0 Å². The third-order valence-electron chi connectivity index (χ3n) is 4.25. The van der Waals surface area contributed by atoms with E-state index in [1.54, 1.807) is 30.5 Å². The van der Waals surface area contributed by atoms with Crippen molar-refractivity contribution in [2.24, 2.45) is 0 Å². The highest BCUT2D eigenvalue weighted by atomic mass is 32.2. The third kappa shape index (κ3) is 4.68. The highest BCUT2D eigenvalue weighted by Gasteiger charge is 2.27. The molecule has 1 fully saturated rings. The summed E-state index contributed by atoms with van der Waals surface area (Å²) in [7, 11) is 0.0777. The Morgan fingerprint density at radius 1 is 1.11 bits per heavy atom. The summed E-state index contributed by atoms with van der Waals surface area (Å²) in [6, 6.07) is 6.55. The molecule has 1 aliphatic rings. The maximum Gasteiger partial charge on any atom is 0.257 e. The Bertz CT molecular complexity index is 946. The van der Waals surface area contributed by atoms with Gasteiger partial charge in [0.15, 0.2) is 21.3 Å². The van der Waals surface area contributed by atoms with Crippen molar-refractivity contribution in [3.8, 4) is 11.5 Å². The number of carbonyl (C=O) groups is 1. The van der Waals surface area contributed by atoms with E-state index in [1.165, 1.54) is 20.4 Å². The SMILES string of the molecule is COc1ccc(NC(=O)c2cncc(NC3CCS(=O)(=O)C3)c2)cc1OC. The van der Waals surface area contributed by atoms with Gasteiger partial charge in [0.25, 0.3) is 5.91 Å². The normalized spacial score (nSPS) is 17.9. The van der Waals surface area contributed by atoms with E-state index in [1.807, 2.05) is 0 Å². The Kier molecular flexibility index (Phi) is 5.50. The van der Waals surface area contributed by atoms with Gasteiger partial charge in [-0.05, 0) is 24.6 Å². The van der Waals surface area contributed by atoms with Gasteiger partial charge in [0.05, 0.1) is 37.0 Å². The standard InChI is InChI=1S/C18H21N3O5S/c1-25-16-4-3-13(8-17(16)26-2)21-18(22)12-7-15(10-19-9-12)20-14-5-6-27(23,24)11-14/h3-4,7-10,14,20H,5-6,11H2,1-2H3,(H,21,22). The zero-order chi connectivity index (χ0) is 19.4. The summed E-state index contributed by atoms with van der Waals surface area (Å²) in [5.41, 5.74) is 1.52. The topological polar surface area (TPSA) is 107 Å². The van der Waals surface area contributed by atoms with Gasteiger partial charge in [-0.1, -0.05) is 0 Å². The monoisotopic (exact) mass is 391 g/mol. The Morgan fingerprint density at radius 3 is 2.56 bits per heavy atom. The third-order valence-corrected chi connectivity index (χ3v) is 6.01. The maximum atomic E-state index is 12.5. The zero-order valence-electron chi connectivity index (χ0n) is 15.1. The molecule has 0 aliphatic carbocycles. The highest BCUT2D eigenvalue weighted by molar-refractivity contribution is 7.91. The first-order chi connectivity index (χ1) is 12.9. The van der Waals surface area contributed by atoms with Crippen LogP contribution in [0.2, 0.25) is 0 Å². The molecule has 0 radical (unpaired) electrons. The van der Waals surface area contributed by atoms with E-state index in [4.69, 9.17) is 9.47 Å². The minimum Gasteiger partial charge on any atom is -0.493 e. The molecule has 1 unspecified atom stereocenters. The van der Waals surface area contributed by atoms with Crippen LogP contribution in [0.15, 0.2) is 36.7 Å². The molecule has 27 heavy (non-hydrogen) atoms. The molecule has 1 atom stereocenters. The molecule has 1 aromatic carbocycles. The van der Waals surface area contributed by atoms with Crippen LogP contribution in [0, 0.1) is 0 Å². The first-order valence-corrected chi connectivity index (χ1v) is 10.2. The van der Waals surface area contributed by atoms with E-state index < -0.39 is 9.84 Å². The Balaban J connectivity index is 1.70. The van der Waals surface area contributed by atoms with Crippen LogP contribution in [0.3, 0.4) is 0 Å². The first-order valence-electron chi connectivity index (χ1n) is 8.35. The molecule has 2 heterocycles. The van der Waals surface area contributed by atoms with Crippen molar-refractivity contribution >= 4 is 27.1 Å². The number of carbonyl (C=O) groups excluding carboxylic acids is 1. The number of nitrogens with one attached hydrogen (secondary N) is 2. The van der Waals surface area contributed by atoms with Crippen molar-refractivity contribution < 1.29 is 22.7 Å². The molecule has 3 rings (SSSR count). The molecule has 1 aliphatic heterocycles. The Labute approximate surface area is 157 Å². The maximum absolute atomic E-state index is 12.5. The van der Waals surface area contributed by atoms with Crippen molar-refractivity contribution in [3.63, 3.8) is 0 Å². The van der Waals surface area contributed by atoms with Crippen LogP contribution in [-0.2, 0) is 9.84 Å². The molecule has 144 valence electrons. The lowest BCUT2D eigenvalue weighted by Crippen LogP contribution is -2.21. The van der Waals surface area contributed by atoms with E-state index >= 15 is 0 Å². The lowest BCUT2D eigenvalue weighted by molar-refractivity contribution is 0.102. The van der Waals surface area contributed by atoms with Crippen LogP contribution >= 0.6 is 0 Å². The van der Waals surface area contributed by atoms with Gasteiger partial charge in [0.1, 0.15) is 0 Å². The van der Waals surface area contributed by atoms with E-state index in [0.29, 0.717) is 34.9 Å². The van der Waals surface area contributed by atoms with E-state index in [2.05, 4.69) is 15.6 Å². The number of sulfone groups is 1. The number of aromatic nitrogens is 1. The van der Waals surface area contributed by atoms with E-state index in [9.17, 15) is 13.2 Å². The Hall–Kier alpha value is -2.81. The van der Waals surface area contributed by atoms with Gasteiger partial charge in [-0.3, -0.25) is 9.78 Å². The Morgan fingerprint density at radius 2 is 1.89 bits per heavy atom. The number of amides is 1. The fourth-order valence-corrected chi connectivity index (χ4v) is 4.58. The van der Waals surface area contributed by atoms with Crippen LogP contribution in [0.1, 0.15) is 16.8 Å². The number of pyridine rings is 1. The van der Waals surface area contributed by atoms with Gasteiger partial charge in [-0.25, -0.2) is 8.42 Å². The summed E-state index contributed by atoms with van der Waals surface area (Å²) >= 11 is 0. The summed E-state index contributed by atoms with van der Waals surface area (Å²) < 4.78 is 33.5. The fourth-order valence-electron chi connectivity index (χ4n) is 2.90. The smallest absolute Gasteiger partial charge is 0.257 e. The van der Waals surface area contributed by atoms with Gasteiger partial charge in [0.2, 0.25) is 0 Å². The number of rotatable bonds is 6. The summed E-state index contributed by atoms with van der Waals surface area (Å²) in [4.78, 5) is 16.6. The number of ether oxygens (including phenoxy) is 2. The number of nitrogens with zero attached hydrogens (tertiary/aromatic N) is 1. The van der Waals surface area contributed by atoms with E-state index in [-0.39, 0.29) is 23.5 Å². The second-order valence-electron chi connectivity index (χ2n) is 6.23. The van der Waals surface area contributed by atoms with Crippen molar-refractivity contribution in [1.29, 1.82) is 0 Å². The quantitative estimate of drug-likeness (QED) is 0.775. The summed E-state index contributed by atoms with van der Waals surface area (Å²) in [6.45, 7) is 0. The van der Waals surface area contributed by atoms with Gasteiger partial charge in [0, 0.05) is 30.2 Å². The van der Waals surface area contributed by atoms with Crippen LogP contribution in [0.5, 0.6) is 11.5 Å².